The summed E-state index contributed by atoms with van der Waals surface area (Å²) in [6, 6.07) is 15.9. The van der Waals surface area contributed by atoms with E-state index in [1.807, 2.05) is 25.1 Å². The summed E-state index contributed by atoms with van der Waals surface area (Å²) in [7, 11) is 1.57. The van der Waals surface area contributed by atoms with Crippen LogP contribution in [0.25, 0.3) is 0 Å². The fraction of sp³-hybridized carbons (Fsp3) is 0.348. The van der Waals surface area contributed by atoms with Gasteiger partial charge >= 0.3 is 6.03 Å². The normalized spacial score (nSPS) is 16.9. The predicted octanol–water partition coefficient (Wildman–Crippen LogP) is 2.64. The molecule has 1 aliphatic rings. The first-order valence-corrected chi connectivity index (χ1v) is 10.0. The number of nitrogens with zero attached hydrogens (tertiary/aromatic N) is 1. The van der Waals surface area contributed by atoms with Gasteiger partial charge in [-0.1, -0.05) is 42.5 Å². The monoisotopic (exact) mass is 409 g/mol. The number of benzene rings is 2. The van der Waals surface area contributed by atoms with Crippen LogP contribution in [0.5, 0.6) is 5.75 Å². The Hall–Kier alpha value is -3.35. The molecule has 158 valence electrons. The number of aryl methyl sites for hydroxylation is 1. The van der Waals surface area contributed by atoms with Crippen molar-refractivity contribution in [1.29, 1.82) is 0 Å². The minimum absolute atomic E-state index is 0.0275. The largest absolute Gasteiger partial charge is 0.497 e. The van der Waals surface area contributed by atoms with Crippen LogP contribution in [0, 0.1) is 0 Å². The molecule has 3 rings (SSSR count). The number of ether oxygens (including phenoxy) is 1. The molecule has 4 amide bonds. The van der Waals surface area contributed by atoms with Gasteiger partial charge in [-0.05, 0) is 43.0 Å². The minimum Gasteiger partial charge on any atom is -0.497 e. The summed E-state index contributed by atoms with van der Waals surface area (Å²) in [5.41, 5.74) is 2.02. The molecular weight excluding hydrogens is 382 g/mol. The highest BCUT2D eigenvalue weighted by Gasteiger charge is 2.39. The molecule has 1 heterocycles. The zero-order valence-electron chi connectivity index (χ0n) is 17.3. The summed E-state index contributed by atoms with van der Waals surface area (Å²) in [5.74, 6) is 0.0651. The molecule has 7 nitrogen and oxygen atoms in total. The van der Waals surface area contributed by atoms with E-state index < -0.39 is 12.1 Å². The van der Waals surface area contributed by atoms with Crippen molar-refractivity contribution in [3.05, 3.63) is 65.7 Å². The van der Waals surface area contributed by atoms with Crippen molar-refractivity contribution in [3.8, 4) is 5.75 Å². The summed E-state index contributed by atoms with van der Waals surface area (Å²) in [5, 5.41) is 5.53. The second-order valence-corrected chi connectivity index (χ2v) is 7.47. The maximum absolute atomic E-state index is 12.6. The Kier molecular flexibility index (Phi) is 7.06. The van der Waals surface area contributed by atoms with Crippen LogP contribution < -0.4 is 15.4 Å². The Balaban J connectivity index is 1.48. The van der Waals surface area contributed by atoms with Crippen LogP contribution in [-0.2, 0) is 22.6 Å². The molecule has 7 heteroatoms. The van der Waals surface area contributed by atoms with Crippen molar-refractivity contribution in [1.82, 2.24) is 15.5 Å². The number of methoxy groups -OCH3 is 1. The van der Waals surface area contributed by atoms with Gasteiger partial charge < -0.3 is 15.4 Å². The Labute approximate surface area is 176 Å². The quantitative estimate of drug-likeness (QED) is 0.624. The van der Waals surface area contributed by atoms with Crippen LogP contribution in [-0.4, -0.2) is 41.9 Å². The summed E-state index contributed by atoms with van der Waals surface area (Å²) in [4.78, 5) is 38.3. The fourth-order valence-corrected chi connectivity index (χ4v) is 3.40. The maximum atomic E-state index is 12.6. The maximum Gasteiger partial charge on any atom is 0.325 e. The smallest absolute Gasteiger partial charge is 0.325 e. The highest BCUT2D eigenvalue weighted by atomic mass is 16.5. The van der Waals surface area contributed by atoms with Gasteiger partial charge in [-0.15, -0.1) is 0 Å². The van der Waals surface area contributed by atoms with Crippen molar-refractivity contribution in [2.24, 2.45) is 0 Å². The summed E-state index contributed by atoms with van der Waals surface area (Å²) < 4.78 is 5.11. The van der Waals surface area contributed by atoms with Crippen LogP contribution in [0.1, 0.15) is 30.9 Å². The van der Waals surface area contributed by atoms with Gasteiger partial charge in [-0.25, -0.2) is 4.79 Å². The third-order valence-electron chi connectivity index (χ3n) is 5.11. The van der Waals surface area contributed by atoms with Gasteiger partial charge in [-0.3, -0.25) is 14.5 Å². The third kappa shape index (κ3) is 5.59. The van der Waals surface area contributed by atoms with Crippen LogP contribution in [0.2, 0.25) is 0 Å². The van der Waals surface area contributed by atoms with Gasteiger partial charge in [-0.2, -0.15) is 0 Å². The average Bonchev–Trinajstić information content (AvgIpc) is 3.00. The molecule has 0 saturated carbocycles. The molecule has 0 aliphatic carbocycles. The van der Waals surface area contributed by atoms with Crippen molar-refractivity contribution in [2.45, 2.75) is 44.8 Å². The van der Waals surface area contributed by atoms with Crippen molar-refractivity contribution in [2.75, 3.05) is 7.11 Å². The van der Waals surface area contributed by atoms with E-state index in [9.17, 15) is 14.4 Å². The first kappa shape index (κ1) is 21.4. The van der Waals surface area contributed by atoms with Gasteiger partial charge in [0.1, 0.15) is 11.8 Å². The zero-order chi connectivity index (χ0) is 21.5. The zero-order valence-corrected chi connectivity index (χ0v) is 17.3. The van der Waals surface area contributed by atoms with Crippen molar-refractivity contribution in [3.63, 3.8) is 0 Å². The second kappa shape index (κ2) is 9.91. The van der Waals surface area contributed by atoms with E-state index in [0.29, 0.717) is 5.75 Å². The number of hydrogen-bond donors (Lipinski definition) is 2. The van der Waals surface area contributed by atoms with E-state index >= 15 is 0 Å². The summed E-state index contributed by atoms with van der Waals surface area (Å²) in [6.07, 6.45) is 1.58. The number of urea groups is 1. The molecule has 0 spiro atoms. The SMILES string of the molecule is COc1ccc(CN2C(=O)N[C@H](CC(=O)N[C@H](C)CCc3ccccc3)C2=O)cc1. The van der Waals surface area contributed by atoms with E-state index in [0.717, 1.165) is 23.3 Å². The van der Waals surface area contributed by atoms with E-state index in [1.165, 1.54) is 5.56 Å². The number of amides is 4. The van der Waals surface area contributed by atoms with E-state index in [-0.39, 0.29) is 30.8 Å². The lowest BCUT2D eigenvalue weighted by molar-refractivity contribution is -0.131. The van der Waals surface area contributed by atoms with E-state index in [2.05, 4.69) is 22.8 Å². The van der Waals surface area contributed by atoms with Crippen molar-refractivity contribution < 1.29 is 19.1 Å². The number of carbonyl (C=O) groups excluding carboxylic acids is 3. The van der Waals surface area contributed by atoms with Gasteiger partial charge in [0.05, 0.1) is 20.1 Å². The Morgan fingerprint density at radius 2 is 1.80 bits per heavy atom. The fourth-order valence-electron chi connectivity index (χ4n) is 3.40. The second-order valence-electron chi connectivity index (χ2n) is 7.47. The molecule has 2 N–H and O–H groups in total. The van der Waals surface area contributed by atoms with Gasteiger partial charge in [0.15, 0.2) is 0 Å². The van der Waals surface area contributed by atoms with E-state index in [4.69, 9.17) is 4.74 Å². The van der Waals surface area contributed by atoms with Crippen LogP contribution >= 0.6 is 0 Å². The Morgan fingerprint density at radius 3 is 2.47 bits per heavy atom. The highest BCUT2D eigenvalue weighted by Crippen LogP contribution is 2.17. The first-order valence-electron chi connectivity index (χ1n) is 10.0. The molecule has 0 radical (unpaired) electrons. The van der Waals surface area contributed by atoms with Gasteiger partial charge in [0.2, 0.25) is 5.91 Å². The summed E-state index contributed by atoms with van der Waals surface area (Å²) >= 11 is 0. The first-order chi connectivity index (χ1) is 14.5. The number of rotatable bonds is 9. The lowest BCUT2D eigenvalue weighted by atomic mass is 10.1. The van der Waals surface area contributed by atoms with Crippen LogP contribution in [0.3, 0.4) is 0 Å². The average molecular weight is 409 g/mol. The molecule has 1 fully saturated rings. The lowest BCUT2D eigenvalue weighted by Crippen LogP contribution is -2.39. The molecular formula is C23H27N3O4. The lowest BCUT2D eigenvalue weighted by Gasteiger charge is -2.16. The van der Waals surface area contributed by atoms with E-state index in [1.54, 1.807) is 31.4 Å². The number of imide groups is 1. The predicted molar refractivity (Wildman–Crippen MR) is 113 cm³/mol. The van der Waals surface area contributed by atoms with Crippen LogP contribution in [0.15, 0.2) is 54.6 Å². The summed E-state index contributed by atoms with van der Waals surface area (Å²) in [6.45, 7) is 2.09. The molecule has 0 aromatic heterocycles. The Bertz CT molecular complexity index is 883. The van der Waals surface area contributed by atoms with Gasteiger partial charge in [0, 0.05) is 6.04 Å². The molecule has 2 aromatic rings. The number of hydrogen-bond acceptors (Lipinski definition) is 4. The van der Waals surface area contributed by atoms with Crippen LogP contribution in [0.4, 0.5) is 4.79 Å². The highest BCUT2D eigenvalue weighted by molar-refractivity contribution is 6.05. The molecule has 2 atom stereocenters. The third-order valence-corrected chi connectivity index (χ3v) is 5.11. The standard InChI is InChI=1S/C23H27N3O4/c1-16(8-9-17-6-4-3-5-7-17)24-21(27)14-20-22(28)26(23(29)25-20)15-18-10-12-19(30-2)13-11-18/h3-7,10-13,16,20H,8-9,14-15H2,1-2H3,(H,24,27)(H,25,29)/t16-,20-/m1/s1. The van der Waals surface area contributed by atoms with Gasteiger partial charge in [0.25, 0.3) is 5.91 Å². The minimum atomic E-state index is -0.836. The molecule has 0 unspecified atom stereocenters. The molecule has 1 saturated heterocycles. The molecule has 2 aromatic carbocycles. The Morgan fingerprint density at radius 1 is 1.10 bits per heavy atom. The molecule has 0 bridgehead atoms. The topological polar surface area (TPSA) is 87.7 Å². The molecule has 1 aliphatic heterocycles. The van der Waals surface area contributed by atoms with Crippen molar-refractivity contribution >= 4 is 17.8 Å². The number of nitrogens with one attached hydrogen (secondary N) is 2. The number of carbonyl (C=O) groups is 3. The molecule has 30 heavy (non-hydrogen) atoms.